The summed E-state index contributed by atoms with van der Waals surface area (Å²) in [6.45, 7) is 1.12. The number of hydrogen-bond donors (Lipinski definition) is 2. The molecule has 0 bridgehead atoms. The highest BCUT2D eigenvalue weighted by Crippen LogP contribution is 2.46. The second kappa shape index (κ2) is 7.46. The minimum absolute atomic E-state index is 0.184. The van der Waals surface area contributed by atoms with Crippen LogP contribution in [0.2, 0.25) is 0 Å². The lowest BCUT2D eigenvalue weighted by atomic mass is 10.0. The normalized spacial score (nSPS) is 14.9. The van der Waals surface area contributed by atoms with Crippen molar-refractivity contribution in [1.82, 2.24) is 5.32 Å². The molecule has 23 heavy (non-hydrogen) atoms. The number of ether oxygens (including phenoxy) is 1. The molecule has 0 saturated heterocycles. The highest BCUT2D eigenvalue weighted by atomic mass is 16.5. The maximum Gasteiger partial charge on any atom is 0.240 e. The van der Waals surface area contributed by atoms with E-state index in [-0.39, 0.29) is 11.8 Å². The summed E-state index contributed by atoms with van der Waals surface area (Å²) >= 11 is 0. The van der Waals surface area contributed by atoms with Gasteiger partial charge in [0.05, 0.1) is 0 Å². The Kier molecular flexibility index (Phi) is 5.60. The Labute approximate surface area is 137 Å². The van der Waals surface area contributed by atoms with E-state index in [1.807, 2.05) is 43.3 Å². The molecule has 1 aromatic carbocycles. The van der Waals surface area contributed by atoms with Crippen molar-refractivity contribution in [2.75, 3.05) is 44.6 Å². The molecule has 0 heterocycles. The fraction of sp³-hybridized carbons (Fsp3) is 0.529. The zero-order valence-electron chi connectivity index (χ0n) is 14.0. The van der Waals surface area contributed by atoms with E-state index in [4.69, 9.17) is 4.74 Å². The van der Waals surface area contributed by atoms with Crippen molar-refractivity contribution in [2.45, 2.75) is 19.3 Å². The molecule has 2 rings (SSSR count). The number of methoxy groups -OCH3 is 1. The summed E-state index contributed by atoms with van der Waals surface area (Å²) in [7, 11) is 5.54. The summed E-state index contributed by atoms with van der Waals surface area (Å²) in [5, 5.41) is 5.67. The zero-order valence-corrected chi connectivity index (χ0v) is 14.0. The lowest BCUT2D eigenvalue weighted by molar-refractivity contribution is -0.134. The SMILES string of the molecule is COCCCNC(=O)C1(C(=O)Nc2ccc(N(C)C)cc2)CC1. The summed E-state index contributed by atoms with van der Waals surface area (Å²) in [5.41, 5.74) is 0.867. The molecule has 0 radical (unpaired) electrons. The van der Waals surface area contributed by atoms with E-state index in [0.717, 1.165) is 12.1 Å². The molecule has 0 unspecified atom stereocenters. The van der Waals surface area contributed by atoms with Gasteiger partial charge in [-0.15, -0.1) is 0 Å². The number of benzene rings is 1. The third kappa shape index (κ3) is 4.22. The molecule has 2 amide bonds. The van der Waals surface area contributed by atoms with Gasteiger partial charge in [-0.25, -0.2) is 0 Å². The fourth-order valence-electron chi connectivity index (χ4n) is 2.36. The van der Waals surface area contributed by atoms with Crippen LogP contribution in [0.25, 0.3) is 0 Å². The summed E-state index contributed by atoms with van der Waals surface area (Å²) in [6, 6.07) is 7.56. The summed E-state index contributed by atoms with van der Waals surface area (Å²) in [4.78, 5) is 26.7. The van der Waals surface area contributed by atoms with Crippen LogP contribution in [0.4, 0.5) is 11.4 Å². The molecule has 0 atom stereocenters. The van der Waals surface area contributed by atoms with Crippen LogP contribution >= 0.6 is 0 Å². The first-order chi connectivity index (χ1) is 11.0. The average molecular weight is 319 g/mol. The van der Waals surface area contributed by atoms with Gasteiger partial charge in [0.15, 0.2) is 0 Å². The van der Waals surface area contributed by atoms with Gasteiger partial charge in [-0.1, -0.05) is 0 Å². The summed E-state index contributed by atoms with van der Waals surface area (Å²) < 4.78 is 4.94. The van der Waals surface area contributed by atoms with E-state index >= 15 is 0 Å². The molecule has 6 heteroatoms. The monoisotopic (exact) mass is 319 g/mol. The summed E-state index contributed by atoms with van der Waals surface area (Å²) in [6.07, 6.45) is 1.95. The molecular weight excluding hydrogens is 294 g/mol. The van der Waals surface area contributed by atoms with Crippen LogP contribution in [0, 0.1) is 5.41 Å². The van der Waals surface area contributed by atoms with Crippen molar-refractivity contribution < 1.29 is 14.3 Å². The predicted molar refractivity (Wildman–Crippen MR) is 90.6 cm³/mol. The molecule has 0 spiro atoms. The zero-order chi connectivity index (χ0) is 16.9. The summed E-state index contributed by atoms with van der Waals surface area (Å²) in [5.74, 6) is -0.407. The van der Waals surface area contributed by atoms with Gasteiger partial charge in [0, 0.05) is 45.7 Å². The Balaban J connectivity index is 1.90. The Bertz CT molecular complexity index is 551. The number of carbonyl (C=O) groups is 2. The van der Waals surface area contributed by atoms with Crippen molar-refractivity contribution >= 4 is 23.2 Å². The first-order valence-electron chi connectivity index (χ1n) is 7.86. The molecule has 1 aliphatic carbocycles. The molecule has 1 aromatic rings. The highest BCUT2D eigenvalue weighted by molar-refractivity contribution is 6.13. The minimum Gasteiger partial charge on any atom is -0.385 e. The molecule has 2 N–H and O–H groups in total. The Morgan fingerprint density at radius 2 is 1.83 bits per heavy atom. The van der Waals surface area contributed by atoms with Gasteiger partial charge in [0.2, 0.25) is 11.8 Å². The van der Waals surface area contributed by atoms with Crippen LogP contribution in [0.5, 0.6) is 0 Å². The van der Waals surface area contributed by atoms with E-state index in [1.165, 1.54) is 0 Å². The number of nitrogens with one attached hydrogen (secondary N) is 2. The van der Waals surface area contributed by atoms with Crippen molar-refractivity contribution in [2.24, 2.45) is 5.41 Å². The Hall–Kier alpha value is -2.08. The topological polar surface area (TPSA) is 70.7 Å². The smallest absolute Gasteiger partial charge is 0.240 e. The average Bonchev–Trinajstić information content (AvgIpc) is 3.34. The van der Waals surface area contributed by atoms with Gasteiger partial charge in [-0.2, -0.15) is 0 Å². The molecule has 0 aromatic heterocycles. The number of amides is 2. The van der Waals surface area contributed by atoms with Gasteiger partial charge < -0.3 is 20.3 Å². The molecule has 1 fully saturated rings. The van der Waals surface area contributed by atoms with E-state index in [2.05, 4.69) is 10.6 Å². The molecule has 6 nitrogen and oxygen atoms in total. The molecular formula is C17H25N3O3. The van der Waals surface area contributed by atoms with Crippen LogP contribution in [0.3, 0.4) is 0 Å². The molecule has 126 valence electrons. The number of hydrogen-bond acceptors (Lipinski definition) is 4. The molecule has 0 aliphatic heterocycles. The second-order valence-electron chi connectivity index (χ2n) is 6.08. The third-order valence-corrected chi connectivity index (χ3v) is 4.07. The largest absolute Gasteiger partial charge is 0.385 e. The second-order valence-corrected chi connectivity index (χ2v) is 6.08. The van der Waals surface area contributed by atoms with Gasteiger partial charge in [0.1, 0.15) is 5.41 Å². The van der Waals surface area contributed by atoms with Gasteiger partial charge >= 0.3 is 0 Å². The third-order valence-electron chi connectivity index (χ3n) is 4.07. The minimum atomic E-state index is -0.896. The Morgan fingerprint density at radius 1 is 1.17 bits per heavy atom. The lowest BCUT2D eigenvalue weighted by Gasteiger charge is -2.16. The van der Waals surface area contributed by atoms with E-state index < -0.39 is 5.41 Å². The van der Waals surface area contributed by atoms with E-state index in [9.17, 15) is 9.59 Å². The van der Waals surface area contributed by atoms with Crippen LogP contribution in [0.1, 0.15) is 19.3 Å². The van der Waals surface area contributed by atoms with E-state index in [1.54, 1.807) is 7.11 Å². The van der Waals surface area contributed by atoms with Gasteiger partial charge in [-0.3, -0.25) is 9.59 Å². The Morgan fingerprint density at radius 3 is 2.35 bits per heavy atom. The number of carbonyl (C=O) groups excluding carboxylic acids is 2. The van der Waals surface area contributed by atoms with Gasteiger partial charge in [-0.05, 0) is 43.5 Å². The lowest BCUT2D eigenvalue weighted by Crippen LogP contribution is -2.40. The van der Waals surface area contributed by atoms with E-state index in [0.29, 0.717) is 31.7 Å². The maximum atomic E-state index is 12.4. The predicted octanol–water partition coefficient (Wildman–Crippen LogP) is 1.62. The first kappa shape index (κ1) is 17.3. The number of nitrogens with zero attached hydrogens (tertiary/aromatic N) is 1. The fourth-order valence-corrected chi connectivity index (χ4v) is 2.36. The van der Waals surface area contributed by atoms with Gasteiger partial charge in [0.25, 0.3) is 0 Å². The van der Waals surface area contributed by atoms with Crippen molar-refractivity contribution in [3.8, 4) is 0 Å². The van der Waals surface area contributed by atoms with Crippen molar-refractivity contribution in [1.29, 1.82) is 0 Å². The standard InChI is InChI=1S/C17H25N3O3/c1-20(2)14-7-5-13(6-8-14)19-16(22)17(9-10-17)15(21)18-11-4-12-23-3/h5-8H,4,9-12H2,1-3H3,(H,18,21)(H,19,22). The number of anilines is 2. The van der Waals surface area contributed by atoms with Crippen LogP contribution in [-0.4, -0.2) is 46.2 Å². The molecule has 1 saturated carbocycles. The van der Waals surface area contributed by atoms with Crippen LogP contribution in [-0.2, 0) is 14.3 Å². The quantitative estimate of drug-likeness (QED) is 0.564. The van der Waals surface area contributed by atoms with Crippen LogP contribution in [0.15, 0.2) is 24.3 Å². The van der Waals surface area contributed by atoms with Crippen molar-refractivity contribution in [3.05, 3.63) is 24.3 Å². The molecule has 1 aliphatic rings. The number of rotatable bonds is 8. The highest BCUT2D eigenvalue weighted by Gasteiger charge is 2.56. The first-order valence-corrected chi connectivity index (χ1v) is 7.86. The van der Waals surface area contributed by atoms with Crippen LogP contribution < -0.4 is 15.5 Å². The maximum absolute atomic E-state index is 12.4. The van der Waals surface area contributed by atoms with Crippen molar-refractivity contribution in [3.63, 3.8) is 0 Å².